The Kier molecular flexibility index (Phi) is 8.63. The maximum Gasteiger partial charge on any atom is 0.252 e. The van der Waals surface area contributed by atoms with Crippen LogP contribution >= 0.6 is 0 Å². The van der Waals surface area contributed by atoms with Crippen molar-refractivity contribution in [3.8, 4) is 0 Å². The summed E-state index contributed by atoms with van der Waals surface area (Å²) < 4.78 is 27.2. The minimum Gasteiger partial charge on any atom is -0.352 e. The number of nitrogens with zero attached hydrogens (tertiary/aromatic N) is 3. The van der Waals surface area contributed by atoms with Crippen LogP contribution in [0.4, 0.5) is 0 Å². The Morgan fingerprint density at radius 3 is 2.36 bits per heavy atom. The smallest absolute Gasteiger partial charge is 0.252 e. The van der Waals surface area contributed by atoms with Crippen LogP contribution in [0.3, 0.4) is 0 Å². The van der Waals surface area contributed by atoms with Crippen LogP contribution < -0.4 is 10.9 Å². The number of hydrogen-bond donors (Lipinski definition) is 2. The molecule has 1 fully saturated rings. The molecule has 1 aliphatic rings. The van der Waals surface area contributed by atoms with Crippen molar-refractivity contribution in [1.82, 2.24) is 24.4 Å². The molecule has 2 heterocycles. The highest BCUT2D eigenvalue weighted by Crippen LogP contribution is 2.22. The van der Waals surface area contributed by atoms with E-state index in [4.69, 9.17) is 0 Å². The van der Waals surface area contributed by atoms with Crippen molar-refractivity contribution in [3.05, 3.63) is 40.2 Å². The van der Waals surface area contributed by atoms with Crippen molar-refractivity contribution in [2.24, 2.45) is 0 Å². The lowest BCUT2D eigenvalue weighted by molar-refractivity contribution is 0.0949. The van der Waals surface area contributed by atoms with E-state index >= 15 is 0 Å². The predicted octanol–water partition coefficient (Wildman–Crippen LogP) is 1.32. The topological polar surface area (TPSA) is 106 Å². The van der Waals surface area contributed by atoms with Crippen molar-refractivity contribution in [3.63, 3.8) is 0 Å². The summed E-state index contributed by atoms with van der Waals surface area (Å²) in [5.41, 5.74) is 0.211. The maximum atomic E-state index is 12.9. The third kappa shape index (κ3) is 6.00. The zero-order valence-electron chi connectivity index (χ0n) is 19.8. The summed E-state index contributed by atoms with van der Waals surface area (Å²) in [6.07, 6.45) is 0.806. The first-order valence-electron chi connectivity index (χ1n) is 11.7. The van der Waals surface area contributed by atoms with Gasteiger partial charge in [-0.3, -0.25) is 9.59 Å². The summed E-state index contributed by atoms with van der Waals surface area (Å²) in [5, 5.41) is 3.31. The van der Waals surface area contributed by atoms with Gasteiger partial charge in [-0.1, -0.05) is 20.8 Å². The quantitative estimate of drug-likeness (QED) is 0.500. The van der Waals surface area contributed by atoms with Crippen LogP contribution in [0.2, 0.25) is 0 Å². The molecule has 0 unspecified atom stereocenters. The summed E-state index contributed by atoms with van der Waals surface area (Å²) in [5.74, 6) is -0.376. The molecule has 0 atom stereocenters. The van der Waals surface area contributed by atoms with Gasteiger partial charge in [-0.15, -0.1) is 0 Å². The molecule has 1 aromatic carbocycles. The number of aromatic nitrogens is 1. The first kappa shape index (κ1) is 25.4. The number of H-pyrrole nitrogens is 1. The van der Waals surface area contributed by atoms with Gasteiger partial charge in [0.1, 0.15) is 0 Å². The highest BCUT2D eigenvalue weighted by Gasteiger charge is 2.23. The van der Waals surface area contributed by atoms with Crippen LogP contribution in [0.1, 0.15) is 37.6 Å². The number of carbonyl (C=O) groups excluding carboxylic acids is 1. The van der Waals surface area contributed by atoms with Gasteiger partial charge in [0.2, 0.25) is 15.6 Å². The molecule has 0 bridgehead atoms. The van der Waals surface area contributed by atoms with Gasteiger partial charge in [-0.05, 0) is 37.7 Å². The second kappa shape index (κ2) is 11.2. The number of nitrogens with one attached hydrogen (secondary N) is 2. The number of fused-ring (bicyclic) bond motifs is 1. The molecule has 2 N–H and O–H groups in total. The van der Waals surface area contributed by atoms with Gasteiger partial charge in [0.15, 0.2) is 0 Å². The van der Waals surface area contributed by atoms with E-state index in [0.29, 0.717) is 30.5 Å². The molecule has 10 heteroatoms. The molecule has 182 valence electrons. The number of benzene rings is 1. The zero-order valence-corrected chi connectivity index (χ0v) is 20.6. The average Bonchev–Trinajstić information content (AvgIpc) is 2.81. The van der Waals surface area contributed by atoms with Crippen molar-refractivity contribution < 1.29 is 13.2 Å². The van der Waals surface area contributed by atoms with E-state index in [9.17, 15) is 18.0 Å². The summed E-state index contributed by atoms with van der Waals surface area (Å²) in [6.45, 7) is 13.1. The highest BCUT2D eigenvalue weighted by molar-refractivity contribution is 7.89. The Morgan fingerprint density at radius 1 is 1.06 bits per heavy atom. The second-order valence-electron chi connectivity index (χ2n) is 8.23. The first-order valence-corrected chi connectivity index (χ1v) is 13.1. The fraction of sp³-hybridized carbons (Fsp3) is 0.565. The highest BCUT2D eigenvalue weighted by atomic mass is 32.2. The SMILES string of the molecule is CCN1CCN(CCCNC(=O)c2cc(=O)[nH]c3ccc(S(=O)(=O)N(CC)CC)cc23)CC1. The van der Waals surface area contributed by atoms with E-state index in [1.807, 2.05) is 0 Å². The monoisotopic (exact) mass is 477 g/mol. The van der Waals surface area contributed by atoms with E-state index in [1.54, 1.807) is 19.9 Å². The van der Waals surface area contributed by atoms with Gasteiger partial charge in [0, 0.05) is 62.8 Å². The molecule has 0 aliphatic carbocycles. The van der Waals surface area contributed by atoms with E-state index in [0.717, 1.165) is 45.7 Å². The minimum absolute atomic E-state index is 0.103. The van der Waals surface area contributed by atoms with Gasteiger partial charge in [0.05, 0.1) is 10.5 Å². The van der Waals surface area contributed by atoms with Crippen molar-refractivity contribution in [2.75, 3.05) is 58.9 Å². The number of hydrogen-bond acceptors (Lipinski definition) is 6. The molecule has 1 saturated heterocycles. The van der Waals surface area contributed by atoms with E-state index in [1.165, 1.54) is 22.5 Å². The molecule has 1 amide bonds. The van der Waals surface area contributed by atoms with Gasteiger partial charge in [0.25, 0.3) is 5.91 Å². The number of pyridine rings is 1. The number of aromatic amines is 1. The molecular formula is C23H35N5O4S. The lowest BCUT2D eigenvalue weighted by Gasteiger charge is -2.33. The van der Waals surface area contributed by atoms with Crippen LogP contribution in [0.5, 0.6) is 0 Å². The molecule has 33 heavy (non-hydrogen) atoms. The van der Waals surface area contributed by atoms with Crippen LogP contribution in [-0.4, -0.2) is 92.3 Å². The van der Waals surface area contributed by atoms with Gasteiger partial charge in [-0.25, -0.2) is 8.42 Å². The predicted molar refractivity (Wildman–Crippen MR) is 130 cm³/mol. The number of piperazine rings is 1. The number of sulfonamides is 1. The van der Waals surface area contributed by atoms with Crippen molar-refractivity contribution >= 4 is 26.8 Å². The van der Waals surface area contributed by atoms with Crippen LogP contribution in [0.15, 0.2) is 34.0 Å². The Bertz CT molecular complexity index is 1120. The molecule has 9 nitrogen and oxygen atoms in total. The number of likely N-dealkylation sites (N-methyl/N-ethyl adjacent to an activating group) is 1. The van der Waals surface area contributed by atoms with Crippen LogP contribution in [0.25, 0.3) is 10.9 Å². The molecule has 0 saturated carbocycles. The fourth-order valence-corrected chi connectivity index (χ4v) is 5.71. The lowest BCUT2D eigenvalue weighted by atomic mass is 10.1. The summed E-state index contributed by atoms with van der Waals surface area (Å²) in [6, 6.07) is 5.71. The van der Waals surface area contributed by atoms with Crippen molar-refractivity contribution in [1.29, 1.82) is 0 Å². The third-order valence-corrected chi connectivity index (χ3v) is 8.30. The Morgan fingerprint density at radius 2 is 1.73 bits per heavy atom. The maximum absolute atomic E-state index is 12.9. The normalized spacial score (nSPS) is 15.9. The molecule has 1 aliphatic heterocycles. The number of rotatable bonds is 10. The van der Waals surface area contributed by atoms with Crippen LogP contribution in [0, 0.1) is 0 Å². The largest absolute Gasteiger partial charge is 0.352 e. The molecule has 1 aromatic heterocycles. The number of amides is 1. The Hall–Kier alpha value is -2.27. The first-order chi connectivity index (χ1) is 15.8. The summed E-state index contributed by atoms with van der Waals surface area (Å²) in [4.78, 5) is 32.6. The summed E-state index contributed by atoms with van der Waals surface area (Å²) in [7, 11) is -3.68. The standard InChI is InChI=1S/C23H35N5O4S/c1-4-26-12-14-27(15-13-26)11-7-10-24-23(30)20-17-22(29)25-21-9-8-18(16-19(20)21)33(31,32)28(5-2)6-3/h8-9,16-17H,4-7,10-15H2,1-3H3,(H,24,30)(H,25,29). The average molecular weight is 478 g/mol. The molecular weight excluding hydrogens is 442 g/mol. The van der Waals surface area contributed by atoms with Crippen LogP contribution in [-0.2, 0) is 10.0 Å². The Balaban J connectivity index is 1.72. The van der Waals surface area contributed by atoms with Gasteiger partial charge < -0.3 is 20.1 Å². The number of carbonyl (C=O) groups is 1. The summed E-state index contributed by atoms with van der Waals surface area (Å²) >= 11 is 0. The van der Waals surface area contributed by atoms with Gasteiger partial charge in [-0.2, -0.15) is 4.31 Å². The molecule has 0 spiro atoms. The fourth-order valence-electron chi connectivity index (χ4n) is 4.22. The zero-order chi connectivity index (χ0) is 24.0. The van der Waals surface area contributed by atoms with E-state index < -0.39 is 15.6 Å². The second-order valence-corrected chi connectivity index (χ2v) is 10.2. The minimum atomic E-state index is -3.68. The third-order valence-electron chi connectivity index (χ3n) is 6.25. The lowest BCUT2D eigenvalue weighted by Crippen LogP contribution is -2.46. The van der Waals surface area contributed by atoms with E-state index in [-0.39, 0.29) is 16.4 Å². The van der Waals surface area contributed by atoms with Gasteiger partial charge >= 0.3 is 0 Å². The Labute approximate surface area is 195 Å². The molecule has 3 rings (SSSR count). The molecule has 2 aromatic rings. The molecule has 0 radical (unpaired) electrons. The van der Waals surface area contributed by atoms with E-state index in [2.05, 4.69) is 27.0 Å². The van der Waals surface area contributed by atoms with Crippen molar-refractivity contribution in [2.45, 2.75) is 32.1 Å².